The van der Waals surface area contributed by atoms with E-state index >= 15 is 0 Å². The molecule has 7 nitrogen and oxygen atoms in total. The molecule has 0 spiro atoms. The Morgan fingerprint density at radius 2 is 1.84 bits per heavy atom. The van der Waals surface area contributed by atoms with Gasteiger partial charge in [0.05, 0.1) is 42.1 Å². The highest BCUT2D eigenvalue weighted by Gasteiger charge is 2.17. The van der Waals surface area contributed by atoms with Gasteiger partial charge in [-0.05, 0) is 37.3 Å². The van der Waals surface area contributed by atoms with E-state index in [1.807, 2.05) is 19.1 Å². The van der Waals surface area contributed by atoms with Crippen LogP contribution in [0.25, 0.3) is 10.9 Å². The number of aryl methyl sites for hydroxylation is 1. The molecule has 0 saturated heterocycles. The average molecular weight is 449 g/mol. The molecule has 0 saturated carbocycles. The molecule has 2 aromatic carbocycles. The Kier molecular flexibility index (Phi) is 6.23. The van der Waals surface area contributed by atoms with Crippen LogP contribution >= 0.6 is 11.8 Å². The highest BCUT2D eigenvalue weighted by atomic mass is 32.2. The number of carbonyl (C=O) groups excluding carboxylic acids is 2. The van der Waals surface area contributed by atoms with E-state index in [9.17, 15) is 14.4 Å². The molecule has 2 heterocycles. The van der Waals surface area contributed by atoms with E-state index in [1.165, 1.54) is 41.8 Å². The van der Waals surface area contributed by atoms with Crippen molar-refractivity contribution in [2.24, 2.45) is 0 Å². The van der Waals surface area contributed by atoms with Gasteiger partial charge in [-0.15, -0.1) is 0 Å². The van der Waals surface area contributed by atoms with Crippen molar-refractivity contribution in [3.63, 3.8) is 0 Å². The molecule has 4 aromatic rings. The number of fused-ring (bicyclic) bond motifs is 1. The van der Waals surface area contributed by atoms with Crippen LogP contribution in [0.5, 0.6) is 0 Å². The minimum Gasteiger partial charge on any atom is -0.467 e. The molecule has 8 heteroatoms. The largest absolute Gasteiger partial charge is 0.467 e. The van der Waals surface area contributed by atoms with Gasteiger partial charge < -0.3 is 9.15 Å². The maximum absolute atomic E-state index is 13.2. The zero-order chi connectivity index (χ0) is 22.7. The Balaban J connectivity index is 1.72. The molecule has 0 aliphatic carbocycles. The molecule has 0 fully saturated rings. The Labute approximate surface area is 188 Å². The van der Waals surface area contributed by atoms with E-state index in [0.29, 0.717) is 32.9 Å². The monoisotopic (exact) mass is 448 g/mol. The average Bonchev–Trinajstić information content (AvgIpc) is 3.32. The lowest BCUT2D eigenvalue weighted by atomic mass is 10.1. The molecule has 0 atom stereocenters. The second kappa shape index (κ2) is 9.23. The standard InChI is InChI=1S/C24H20N2O5S/c1-15-5-7-16(8-6-15)21(27)14-32-24-25-20-12-17(23(29)30-2)9-10-19(20)22(28)26(24)13-18-4-3-11-31-18/h3-12H,13-14H2,1-2H3. The van der Waals surface area contributed by atoms with Gasteiger partial charge in [-0.3, -0.25) is 14.2 Å². The molecule has 162 valence electrons. The smallest absolute Gasteiger partial charge is 0.337 e. The lowest BCUT2D eigenvalue weighted by molar-refractivity contribution is 0.0600. The molecule has 0 N–H and O–H groups in total. The number of hydrogen-bond acceptors (Lipinski definition) is 7. The van der Waals surface area contributed by atoms with E-state index in [4.69, 9.17) is 9.15 Å². The van der Waals surface area contributed by atoms with Crippen LogP contribution in [0.4, 0.5) is 0 Å². The van der Waals surface area contributed by atoms with Gasteiger partial charge in [0.1, 0.15) is 5.76 Å². The number of nitrogens with zero attached hydrogens (tertiary/aromatic N) is 2. The number of Topliss-reactive ketones (excluding diaryl/α,β-unsaturated/α-hetero) is 1. The fraction of sp³-hybridized carbons (Fsp3) is 0.167. The van der Waals surface area contributed by atoms with Crippen molar-refractivity contribution in [3.8, 4) is 0 Å². The molecular formula is C24H20N2O5S. The van der Waals surface area contributed by atoms with Gasteiger partial charge in [0.15, 0.2) is 10.9 Å². The third-order valence-corrected chi connectivity index (χ3v) is 5.92. The highest BCUT2D eigenvalue weighted by molar-refractivity contribution is 7.99. The Bertz CT molecular complexity index is 1340. The molecule has 0 aliphatic heterocycles. The van der Waals surface area contributed by atoms with Crippen LogP contribution in [0.15, 0.2) is 75.2 Å². The lowest BCUT2D eigenvalue weighted by Gasteiger charge is -2.12. The van der Waals surface area contributed by atoms with Crippen LogP contribution in [-0.4, -0.2) is 34.2 Å². The van der Waals surface area contributed by atoms with Gasteiger partial charge in [0.2, 0.25) is 0 Å². The zero-order valence-electron chi connectivity index (χ0n) is 17.5. The predicted molar refractivity (Wildman–Crippen MR) is 121 cm³/mol. The van der Waals surface area contributed by atoms with Crippen molar-refractivity contribution < 1.29 is 18.7 Å². The van der Waals surface area contributed by atoms with Gasteiger partial charge in [0, 0.05) is 5.56 Å². The third kappa shape index (κ3) is 4.50. The van der Waals surface area contributed by atoms with Crippen molar-refractivity contribution in [2.75, 3.05) is 12.9 Å². The fourth-order valence-electron chi connectivity index (χ4n) is 3.21. The first-order valence-electron chi connectivity index (χ1n) is 9.84. The number of esters is 1. The summed E-state index contributed by atoms with van der Waals surface area (Å²) in [7, 11) is 1.29. The van der Waals surface area contributed by atoms with Gasteiger partial charge in [0.25, 0.3) is 5.56 Å². The maximum atomic E-state index is 13.2. The van der Waals surface area contributed by atoms with Crippen molar-refractivity contribution in [1.82, 2.24) is 9.55 Å². The summed E-state index contributed by atoms with van der Waals surface area (Å²) in [4.78, 5) is 42.4. The zero-order valence-corrected chi connectivity index (χ0v) is 18.3. The van der Waals surface area contributed by atoms with Crippen molar-refractivity contribution >= 4 is 34.4 Å². The van der Waals surface area contributed by atoms with Gasteiger partial charge >= 0.3 is 5.97 Å². The van der Waals surface area contributed by atoms with Crippen molar-refractivity contribution in [3.05, 3.63) is 93.7 Å². The lowest BCUT2D eigenvalue weighted by Crippen LogP contribution is -2.24. The van der Waals surface area contributed by atoms with E-state index in [0.717, 1.165) is 5.56 Å². The molecule has 0 unspecified atom stereocenters. The number of aromatic nitrogens is 2. The Hall–Kier alpha value is -3.65. The minimum atomic E-state index is -0.516. The summed E-state index contributed by atoms with van der Waals surface area (Å²) in [5.41, 5.74) is 2.03. The van der Waals surface area contributed by atoms with Crippen LogP contribution in [-0.2, 0) is 11.3 Å². The van der Waals surface area contributed by atoms with Gasteiger partial charge in [-0.2, -0.15) is 0 Å². The summed E-state index contributed by atoms with van der Waals surface area (Å²) in [6, 6.07) is 15.4. The normalized spacial score (nSPS) is 10.9. The minimum absolute atomic E-state index is 0.0720. The summed E-state index contributed by atoms with van der Waals surface area (Å²) < 4.78 is 11.6. The Morgan fingerprint density at radius 1 is 1.09 bits per heavy atom. The van der Waals surface area contributed by atoms with E-state index in [-0.39, 0.29) is 23.6 Å². The molecule has 2 aromatic heterocycles. The number of ether oxygens (including phenoxy) is 1. The molecule has 4 rings (SSSR count). The topological polar surface area (TPSA) is 91.4 Å². The van der Waals surface area contributed by atoms with Gasteiger partial charge in [-0.1, -0.05) is 41.6 Å². The van der Waals surface area contributed by atoms with Crippen LogP contribution in [0.2, 0.25) is 0 Å². The summed E-state index contributed by atoms with van der Waals surface area (Å²) >= 11 is 1.17. The maximum Gasteiger partial charge on any atom is 0.337 e. The number of carbonyl (C=O) groups is 2. The first-order valence-corrected chi connectivity index (χ1v) is 10.8. The number of ketones is 1. The summed E-state index contributed by atoms with van der Waals surface area (Å²) in [6.45, 7) is 2.13. The molecule has 0 amide bonds. The van der Waals surface area contributed by atoms with Crippen LogP contribution in [0, 0.1) is 6.92 Å². The first-order chi connectivity index (χ1) is 15.5. The first kappa shape index (κ1) is 21.6. The Morgan fingerprint density at radius 3 is 2.53 bits per heavy atom. The van der Waals surface area contributed by atoms with E-state index < -0.39 is 5.97 Å². The molecule has 0 bridgehead atoms. The number of hydrogen-bond donors (Lipinski definition) is 0. The van der Waals surface area contributed by atoms with Crippen molar-refractivity contribution in [1.29, 1.82) is 0 Å². The summed E-state index contributed by atoms with van der Waals surface area (Å²) in [5, 5.41) is 0.722. The van der Waals surface area contributed by atoms with Gasteiger partial charge in [-0.25, -0.2) is 9.78 Å². The SMILES string of the molecule is COC(=O)c1ccc2c(=O)n(Cc3ccco3)c(SCC(=O)c3ccc(C)cc3)nc2c1. The third-order valence-electron chi connectivity index (χ3n) is 4.94. The highest BCUT2D eigenvalue weighted by Crippen LogP contribution is 2.21. The molecule has 0 radical (unpaired) electrons. The van der Waals surface area contributed by atoms with E-state index in [2.05, 4.69) is 4.98 Å². The van der Waals surface area contributed by atoms with Crippen LogP contribution in [0.1, 0.15) is 32.0 Å². The summed E-state index contributed by atoms with van der Waals surface area (Å²) in [6.07, 6.45) is 1.53. The second-order valence-electron chi connectivity index (χ2n) is 7.17. The molecular weight excluding hydrogens is 428 g/mol. The summed E-state index contributed by atoms with van der Waals surface area (Å²) in [5.74, 6) is 0.108. The predicted octanol–water partition coefficient (Wildman–Crippen LogP) is 4.11. The molecule has 0 aliphatic rings. The number of thioether (sulfide) groups is 1. The van der Waals surface area contributed by atoms with E-state index in [1.54, 1.807) is 30.3 Å². The van der Waals surface area contributed by atoms with Crippen molar-refractivity contribution in [2.45, 2.75) is 18.6 Å². The van der Waals surface area contributed by atoms with Crippen LogP contribution in [0.3, 0.4) is 0 Å². The number of methoxy groups -OCH3 is 1. The fourth-order valence-corrected chi connectivity index (χ4v) is 4.10. The number of furan rings is 1. The van der Waals surface area contributed by atoms with Crippen LogP contribution < -0.4 is 5.56 Å². The quantitative estimate of drug-likeness (QED) is 0.182. The number of rotatable bonds is 7. The molecule has 32 heavy (non-hydrogen) atoms. The number of benzene rings is 2. The second-order valence-corrected chi connectivity index (χ2v) is 8.11.